The van der Waals surface area contributed by atoms with Crippen LogP contribution in [-0.2, 0) is 13.1 Å². The number of nitrogens with zero attached hydrogens (tertiary/aromatic N) is 2. The second-order valence-corrected chi connectivity index (χ2v) is 6.03. The molecule has 0 spiro atoms. The maximum absolute atomic E-state index is 4.77. The molecule has 1 aromatic carbocycles. The summed E-state index contributed by atoms with van der Waals surface area (Å²) in [6, 6.07) is 9.22. The molecule has 0 saturated heterocycles. The molecule has 1 aliphatic carbocycles. The van der Waals surface area contributed by atoms with E-state index in [-0.39, 0.29) is 0 Å². The third kappa shape index (κ3) is 2.59. The molecule has 2 unspecified atom stereocenters. The third-order valence-corrected chi connectivity index (χ3v) is 4.68. The highest BCUT2D eigenvalue weighted by atomic mass is 15.3. The van der Waals surface area contributed by atoms with E-state index >= 15 is 0 Å². The third-order valence-electron chi connectivity index (χ3n) is 4.68. The van der Waals surface area contributed by atoms with Gasteiger partial charge in [-0.05, 0) is 31.7 Å². The van der Waals surface area contributed by atoms with Gasteiger partial charge in [-0.15, -0.1) is 0 Å². The molecule has 2 atom stereocenters. The molecule has 0 aliphatic heterocycles. The summed E-state index contributed by atoms with van der Waals surface area (Å²) >= 11 is 0. The van der Waals surface area contributed by atoms with E-state index in [1.165, 1.54) is 42.3 Å². The van der Waals surface area contributed by atoms with Gasteiger partial charge in [0.05, 0.1) is 11.2 Å². The quantitative estimate of drug-likeness (QED) is 0.918. The van der Waals surface area contributed by atoms with Crippen molar-refractivity contribution in [3.8, 4) is 0 Å². The molecule has 2 aromatic rings. The number of benzene rings is 1. The Kier molecular flexibility index (Phi) is 4.06. The van der Waals surface area contributed by atoms with Gasteiger partial charge in [-0.25, -0.2) is 0 Å². The van der Waals surface area contributed by atoms with Crippen molar-refractivity contribution in [3.63, 3.8) is 0 Å². The Bertz CT molecular complexity index is 573. The van der Waals surface area contributed by atoms with Crippen LogP contribution >= 0.6 is 0 Å². The van der Waals surface area contributed by atoms with Gasteiger partial charge in [0.25, 0.3) is 0 Å². The van der Waals surface area contributed by atoms with E-state index in [1.807, 2.05) is 0 Å². The Morgan fingerprint density at radius 2 is 2.05 bits per heavy atom. The molecule has 1 aliphatic rings. The fourth-order valence-corrected chi connectivity index (χ4v) is 3.42. The van der Waals surface area contributed by atoms with E-state index in [0.29, 0.717) is 6.04 Å². The first-order chi connectivity index (χ1) is 9.79. The van der Waals surface area contributed by atoms with Crippen molar-refractivity contribution in [2.75, 3.05) is 0 Å². The van der Waals surface area contributed by atoms with Crippen LogP contribution in [0.2, 0.25) is 0 Å². The van der Waals surface area contributed by atoms with Gasteiger partial charge in [-0.1, -0.05) is 38.0 Å². The molecule has 1 fully saturated rings. The first-order valence-electron chi connectivity index (χ1n) is 7.97. The number of aromatic nitrogens is 2. The summed E-state index contributed by atoms with van der Waals surface area (Å²) in [5, 5.41) is 9.81. The first kappa shape index (κ1) is 13.6. The zero-order valence-corrected chi connectivity index (χ0v) is 12.6. The predicted molar refractivity (Wildman–Crippen MR) is 83.7 cm³/mol. The molecule has 108 valence electrons. The molecule has 3 rings (SSSR count). The normalized spacial score (nSPS) is 23.3. The van der Waals surface area contributed by atoms with Crippen molar-refractivity contribution >= 4 is 10.9 Å². The fraction of sp³-hybridized carbons (Fsp3) is 0.588. The lowest BCUT2D eigenvalue weighted by Gasteiger charge is -2.29. The van der Waals surface area contributed by atoms with Gasteiger partial charge < -0.3 is 5.32 Å². The highest BCUT2D eigenvalue weighted by Crippen LogP contribution is 2.25. The van der Waals surface area contributed by atoms with E-state index in [9.17, 15) is 0 Å². The highest BCUT2D eigenvalue weighted by Gasteiger charge is 2.21. The average Bonchev–Trinajstić information content (AvgIpc) is 2.85. The molecule has 3 nitrogen and oxygen atoms in total. The minimum Gasteiger partial charge on any atom is -0.308 e. The zero-order chi connectivity index (χ0) is 13.9. The van der Waals surface area contributed by atoms with Gasteiger partial charge in [-0.2, -0.15) is 5.10 Å². The Labute approximate surface area is 121 Å². The highest BCUT2D eigenvalue weighted by molar-refractivity contribution is 5.81. The molecule has 0 radical (unpaired) electrons. The summed E-state index contributed by atoms with van der Waals surface area (Å²) in [4.78, 5) is 0. The predicted octanol–water partition coefficient (Wildman–Crippen LogP) is 3.72. The standard InChI is InChI=1S/C17H25N3/c1-3-20-17-11-7-5-9-14(17)16(19-20)12-18-15-10-6-4-8-13(15)2/h5,7,9,11,13,15,18H,3-4,6,8,10,12H2,1-2H3. The number of aryl methyl sites for hydroxylation is 1. The Balaban J connectivity index is 1.77. The van der Waals surface area contributed by atoms with E-state index in [4.69, 9.17) is 5.10 Å². The largest absolute Gasteiger partial charge is 0.308 e. The molecule has 0 bridgehead atoms. The summed E-state index contributed by atoms with van der Waals surface area (Å²) in [6.45, 7) is 6.35. The maximum atomic E-state index is 4.77. The maximum Gasteiger partial charge on any atom is 0.0841 e. The van der Waals surface area contributed by atoms with Crippen molar-refractivity contribution < 1.29 is 0 Å². The minimum absolute atomic E-state index is 0.661. The molecule has 1 heterocycles. The van der Waals surface area contributed by atoms with Gasteiger partial charge in [0.2, 0.25) is 0 Å². The smallest absolute Gasteiger partial charge is 0.0841 e. The van der Waals surface area contributed by atoms with Gasteiger partial charge in [0, 0.05) is 24.5 Å². The van der Waals surface area contributed by atoms with Gasteiger partial charge in [0.15, 0.2) is 0 Å². The molecular weight excluding hydrogens is 246 g/mol. The summed E-state index contributed by atoms with van der Waals surface area (Å²) < 4.78 is 2.11. The van der Waals surface area contributed by atoms with Crippen LogP contribution in [0, 0.1) is 5.92 Å². The Morgan fingerprint density at radius 1 is 1.25 bits per heavy atom. The SMILES string of the molecule is CCn1nc(CNC2CCCCC2C)c2ccccc21. The first-order valence-corrected chi connectivity index (χ1v) is 7.97. The number of hydrogen-bond donors (Lipinski definition) is 1. The zero-order valence-electron chi connectivity index (χ0n) is 12.6. The lowest BCUT2D eigenvalue weighted by atomic mass is 9.86. The summed E-state index contributed by atoms with van der Waals surface area (Å²) in [5.41, 5.74) is 2.45. The monoisotopic (exact) mass is 271 g/mol. The number of hydrogen-bond acceptors (Lipinski definition) is 2. The molecule has 3 heteroatoms. The van der Waals surface area contributed by atoms with Crippen molar-refractivity contribution in [3.05, 3.63) is 30.0 Å². The molecule has 0 amide bonds. The molecule has 1 aromatic heterocycles. The van der Waals surface area contributed by atoms with Crippen LogP contribution in [-0.4, -0.2) is 15.8 Å². The van der Waals surface area contributed by atoms with Crippen molar-refractivity contribution in [2.45, 2.75) is 58.7 Å². The summed E-state index contributed by atoms with van der Waals surface area (Å²) in [5.74, 6) is 0.795. The lowest BCUT2D eigenvalue weighted by molar-refractivity contribution is 0.278. The lowest BCUT2D eigenvalue weighted by Crippen LogP contribution is -2.36. The van der Waals surface area contributed by atoms with Crippen molar-refractivity contribution in [1.82, 2.24) is 15.1 Å². The van der Waals surface area contributed by atoms with E-state index in [0.717, 1.165) is 19.0 Å². The van der Waals surface area contributed by atoms with Crippen LogP contribution < -0.4 is 5.32 Å². The van der Waals surface area contributed by atoms with Gasteiger partial charge in [0.1, 0.15) is 0 Å². The van der Waals surface area contributed by atoms with Crippen LogP contribution in [0.4, 0.5) is 0 Å². The Hall–Kier alpha value is -1.35. The van der Waals surface area contributed by atoms with Crippen LogP contribution in [0.3, 0.4) is 0 Å². The average molecular weight is 271 g/mol. The van der Waals surface area contributed by atoms with Crippen LogP contribution in [0.25, 0.3) is 10.9 Å². The number of para-hydroxylation sites is 1. The van der Waals surface area contributed by atoms with Gasteiger partial charge in [-0.3, -0.25) is 4.68 Å². The second kappa shape index (κ2) is 5.96. The van der Waals surface area contributed by atoms with Crippen molar-refractivity contribution in [2.24, 2.45) is 5.92 Å². The van der Waals surface area contributed by atoms with Crippen LogP contribution in [0.15, 0.2) is 24.3 Å². The molecule has 20 heavy (non-hydrogen) atoms. The van der Waals surface area contributed by atoms with E-state index < -0.39 is 0 Å². The summed E-state index contributed by atoms with van der Waals surface area (Å²) in [7, 11) is 0. The minimum atomic E-state index is 0.661. The fourth-order valence-electron chi connectivity index (χ4n) is 3.42. The second-order valence-electron chi connectivity index (χ2n) is 6.03. The van der Waals surface area contributed by atoms with Crippen molar-refractivity contribution in [1.29, 1.82) is 0 Å². The van der Waals surface area contributed by atoms with E-state index in [1.54, 1.807) is 0 Å². The Morgan fingerprint density at radius 3 is 2.85 bits per heavy atom. The number of rotatable bonds is 4. The molecular formula is C17H25N3. The molecule has 1 N–H and O–H groups in total. The number of fused-ring (bicyclic) bond motifs is 1. The number of nitrogens with one attached hydrogen (secondary N) is 1. The van der Waals surface area contributed by atoms with Gasteiger partial charge >= 0.3 is 0 Å². The van der Waals surface area contributed by atoms with E-state index in [2.05, 4.69) is 48.1 Å². The molecule has 1 saturated carbocycles. The summed E-state index contributed by atoms with van der Waals surface area (Å²) in [6.07, 6.45) is 5.44. The van der Waals surface area contributed by atoms with Crippen LogP contribution in [0.1, 0.15) is 45.2 Å². The topological polar surface area (TPSA) is 29.9 Å². The van der Waals surface area contributed by atoms with Crippen LogP contribution in [0.5, 0.6) is 0 Å².